The van der Waals surface area contributed by atoms with Crippen molar-refractivity contribution in [2.24, 2.45) is 0 Å². The molecule has 0 aliphatic rings. The summed E-state index contributed by atoms with van der Waals surface area (Å²) in [6.07, 6.45) is 1.89. The molecule has 0 fully saturated rings. The number of hydrogen-bond acceptors (Lipinski definition) is 5. The largest absolute Gasteiger partial charge is 0.342 e. The van der Waals surface area contributed by atoms with Crippen LogP contribution in [0.4, 0.5) is 0 Å². The number of pyridine rings is 1. The molecule has 4 aromatic rings. The second kappa shape index (κ2) is 6.68. The molecule has 1 aromatic carbocycles. The zero-order valence-corrected chi connectivity index (χ0v) is 15.2. The molecule has 1 atom stereocenters. The van der Waals surface area contributed by atoms with E-state index in [4.69, 9.17) is 0 Å². The van der Waals surface area contributed by atoms with Gasteiger partial charge >= 0.3 is 0 Å². The molecule has 0 radical (unpaired) electrons. The van der Waals surface area contributed by atoms with Gasteiger partial charge in [-0.05, 0) is 26.0 Å². The van der Waals surface area contributed by atoms with Gasteiger partial charge in [-0.25, -0.2) is 4.98 Å². The van der Waals surface area contributed by atoms with E-state index in [0.29, 0.717) is 10.7 Å². The lowest BCUT2D eigenvalue weighted by atomic mass is 10.2. The maximum atomic E-state index is 12.8. The second-order valence-electron chi connectivity index (χ2n) is 5.98. The number of nitrogens with one attached hydrogen (secondary N) is 1. The lowest BCUT2D eigenvalue weighted by Gasteiger charge is -2.11. The van der Waals surface area contributed by atoms with Crippen LogP contribution in [0.2, 0.25) is 0 Å². The van der Waals surface area contributed by atoms with Crippen molar-refractivity contribution in [2.75, 3.05) is 0 Å². The number of nitrogens with zero attached hydrogens (tertiary/aromatic N) is 4. The van der Waals surface area contributed by atoms with Crippen molar-refractivity contribution in [1.82, 2.24) is 24.9 Å². The molecule has 4 rings (SSSR count). The van der Waals surface area contributed by atoms with Crippen molar-refractivity contribution in [2.45, 2.75) is 19.9 Å². The SMILES string of the molecule is Cc1nc(-c2ccccc2)sc1C(=O)NC(C)c1nnc2ccccn12. The lowest BCUT2D eigenvalue weighted by Crippen LogP contribution is -2.27. The minimum Gasteiger partial charge on any atom is -0.342 e. The van der Waals surface area contributed by atoms with Crippen molar-refractivity contribution in [3.05, 3.63) is 71.1 Å². The van der Waals surface area contributed by atoms with Gasteiger partial charge in [0.2, 0.25) is 0 Å². The van der Waals surface area contributed by atoms with Gasteiger partial charge < -0.3 is 5.32 Å². The Labute approximate surface area is 154 Å². The van der Waals surface area contributed by atoms with E-state index >= 15 is 0 Å². The van der Waals surface area contributed by atoms with Gasteiger partial charge in [0.05, 0.1) is 11.7 Å². The summed E-state index contributed by atoms with van der Waals surface area (Å²) in [4.78, 5) is 17.9. The number of rotatable bonds is 4. The second-order valence-corrected chi connectivity index (χ2v) is 6.98. The van der Waals surface area contributed by atoms with Gasteiger partial charge in [0.1, 0.15) is 9.88 Å². The van der Waals surface area contributed by atoms with Crippen LogP contribution in [-0.2, 0) is 0 Å². The van der Waals surface area contributed by atoms with Crippen LogP contribution in [-0.4, -0.2) is 25.5 Å². The number of carbonyl (C=O) groups excluding carboxylic acids is 1. The molecule has 3 aromatic heterocycles. The van der Waals surface area contributed by atoms with E-state index in [1.54, 1.807) is 0 Å². The number of carbonyl (C=O) groups is 1. The summed E-state index contributed by atoms with van der Waals surface area (Å²) in [5.41, 5.74) is 2.49. The third kappa shape index (κ3) is 2.97. The minimum atomic E-state index is -0.276. The average Bonchev–Trinajstić information content (AvgIpc) is 3.26. The summed E-state index contributed by atoms with van der Waals surface area (Å²) < 4.78 is 1.87. The van der Waals surface area contributed by atoms with Gasteiger partial charge in [-0.15, -0.1) is 21.5 Å². The Morgan fingerprint density at radius 1 is 1.12 bits per heavy atom. The highest BCUT2D eigenvalue weighted by molar-refractivity contribution is 7.17. The van der Waals surface area contributed by atoms with Crippen LogP contribution >= 0.6 is 11.3 Å². The van der Waals surface area contributed by atoms with Crippen LogP contribution in [0.25, 0.3) is 16.2 Å². The Bertz CT molecular complexity index is 1070. The normalized spacial score (nSPS) is 12.2. The fourth-order valence-electron chi connectivity index (χ4n) is 2.79. The fourth-order valence-corrected chi connectivity index (χ4v) is 3.77. The van der Waals surface area contributed by atoms with Crippen molar-refractivity contribution in [1.29, 1.82) is 0 Å². The Kier molecular flexibility index (Phi) is 4.22. The lowest BCUT2D eigenvalue weighted by molar-refractivity contribution is 0.0941. The number of hydrogen-bond donors (Lipinski definition) is 1. The fraction of sp³-hybridized carbons (Fsp3) is 0.158. The van der Waals surface area contributed by atoms with Crippen LogP contribution in [0.5, 0.6) is 0 Å². The highest BCUT2D eigenvalue weighted by atomic mass is 32.1. The van der Waals surface area contributed by atoms with Gasteiger partial charge in [0, 0.05) is 11.8 Å². The number of benzene rings is 1. The number of aromatic nitrogens is 4. The van der Waals surface area contributed by atoms with Crippen LogP contribution in [0.3, 0.4) is 0 Å². The number of fused-ring (bicyclic) bond motifs is 1. The molecule has 1 amide bonds. The van der Waals surface area contributed by atoms with Gasteiger partial charge in [0.25, 0.3) is 5.91 Å². The molecule has 0 aliphatic heterocycles. The quantitative estimate of drug-likeness (QED) is 0.601. The third-order valence-corrected chi connectivity index (χ3v) is 5.30. The number of amides is 1. The topological polar surface area (TPSA) is 72.2 Å². The molecule has 0 bridgehead atoms. The van der Waals surface area contributed by atoms with E-state index in [1.807, 2.05) is 73.0 Å². The highest BCUT2D eigenvalue weighted by Gasteiger charge is 2.20. The summed E-state index contributed by atoms with van der Waals surface area (Å²) in [5, 5.41) is 12.2. The first-order valence-electron chi connectivity index (χ1n) is 8.27. The van der Waals surface area contributed by atoms with Gasteiger partial charge in [0.15, 0.2) is 11.5 Å². The van der Waals surface area contributed by atoms with Gasteiger partial charge in [-0.3, -0.25) is 9.20 Å². The Balaban J connectivity index is 1.58. The van der Waals surface area contributed by atoms with Crippen molar-refractivity contribution < 1.29 is 4.79 Å². The molecule has 3 heterocycles. The van der Waals surface area contributed by atoms with Crippen LogP contribution in [0.15, 0.2) is 54.7 Å². The van der Waals surface area contributed by atoms with Crippen LogP contribution in [0, 0.1) is 6.92 Å². The standard InChI is InChI=1S/C19H17N5OS/c1-12-16(26-19(21-12)14-8-4-3-5-9-14)18(25)20-13(2)17-23-22-15-10-6-7-11-24(15)17/h3-11,13H,1-2H3,(H,20,25). The predicted octanol–water partition coefficient (Wildman–Crippen LogP) is 3.65. The van der Waals surface area contributed by atoms with E-state index < -0.39 is 0 Å². The average molecular weight is 363 g/mol. The summed E-state index contributed by atoms with van der Waals surface area (Å²) in [5.74, 6) is 0.543. The number of thiazole rings is 1. The predicted molar refractivity (Wildman–Crippen MR) is 101 cm³/mol. The number of aryl methyl sites for hydroxylation is 1. The molecule has 0 saturated heterocycles. The van der Waals surface area contributed by atoms with Crippen LogP contribution < -0.4 is 5.32 Å². The highest BCUT2D eigenvalue weighted by Crippen LogP contribution is 2.28. The molecule has 7 heteroatoms. The van der Waals surface area contributed by atoms with E-state index in [2.05, 4.69) is 20.5 Å². The smallest absolute Gasteiger partial charge is 0.263 e. The molecule has 1 unspecified atom stereocenters. The Morgan fingerprint density at radius 2 is 1.88 bits per heavy atom. The van der Waals surface area contributed by atoms with E-state index in [9.17, 15) is 4.79 Å². The van der Waals surface area contributed by atoms with E-state index in [1.165, 1.54) is 11.3 Å². The Morgan fingerprint density at radius 3 is 2.69 bits per heavy atom. The first-order valence-corrected chi connectivity index (χ1v) is 9.08. The van der Waals surface area contributed by atoms with Crippen molar-refractivity contribution >= 4 is 22.9 Å². The van der Waals surface area contributed by atoms with Crippen molar-refractivity contribution in [3.8, 4) is 10.6 Å². The minimum absolute atomic E-state index is 0.151. The summed E-state index contributed by atoms with van der Waals surface area (Å²) >= 11 is 1.40. The molecular weight excluding hydrogens is 346 g/mol. The molecule has 0 spiro atoms. The molecule has 6 nitrogen and oxygen atoms in total. The maximum absolute atomic E-state index is 12.8. The van der Waals surface area contributed by atoms with Crippen LogP contribution in [0.1, 0.15) is 34.2 Å². The first-order chi connectivity index (χ1) is 12.6. The van der Waals surface area contributed by atoms with E-state index in [-0.39, 0.29) is 11.9 Å². The molecular formula is C19H17N5OS. The summed E-state index contributed by atoms with van der Waals surface area (Å²) in [7, 11) is 0. The van der Waals surface area contributed by atoms with Crippen molar-refractivity contribution in [3.63, 3.8) is 0 Å². The zero-order chi connectivity index (χ0) is 18.1. The molecule has 0 saturated carbocycles. The van der Waals surface area contributed by atoms with E-state index in [0.717, 1.165) is 21.9 Å². The summed E-state index contributed by atoms with van der Waals surface area (Å²) in [6.45, 7) is 3.75. The maximum Gasteiger partial charge on any atom is 0.263 e. The monoisotopic (exact) mass is 363 g/mol. The molecule has 130 valence electrons. The van der Waals surface area contributed by atoms with Gasteiger partial charge in [-0.1, -0.05) is 36.4 Å². The first kappa shape index (κ1) is 16.4. The Hall–Kier alpha value is -3.06. The molecule has 26 heavy (non-hydrogen) atoms. The molecule has 0 aliphatic carbocycles. The zero-order valence-electron chi connectivity index (χ0n) is 14.4. The third-order valence-electron chi connectivity index (χ3n) is 4.10. The molecule has 1 N–H and O–H groups in total. The summed E-state index contributed by atoms with van der Waals surface area (Å²) in [6, 6.07) is 15.3. The van der Waals surface area contributed by atoms with Gasteiger partial charge in [-0.2, -0.15) is 0 Å².